The van der Waals surface area contributed by atoms with Crippen molar-refractivity contribution in [2.24, 2.45) is 0 Å². The fraction of sp³-hybridized carbons (Fsp3) is 0.500. The van der Waals surface area contributed by atoms with Crippen LogP contribution in [0, 0.1) is 6.92 Å². The van der Waals surface area contributed by atoms with Crippen molar-refractivity contribution >= 4 is 32.8 Å². The van der Waals surface area contributed by atoms with Gasteiger partial charge in [-0.05, 0) is 44.4 Å². The van der Waals surface area contributed by atoms with Crippen LogP contribution in [0.3, 0.4) is 0 Å². The van der Waals surface area contributed by atoms with E-state index in [1.165, 1.54) is 0 Å². The van der Waals surface area contributed by atoms with Crippen LogP contribution >= 0.6 is 15.9 Å². The highest BCUT2D eigenvalue weighted by Gasteiger charge is 2.23. The Kier molecular flexibility index (Phi) is 5.83. The van der Waals surface area contributed by atoms with Crippen LogP contribution in [0.5, 0.6) is 5.75 Å². The molecule has 1 aromatic carbocycles. The number of aromatic nitrogens is 2. The smallest absolute Gasteiger partial charge is 0.357 e. The number of ether oxygens (including phenoxy) is 2. The number of carbonyl (C=O) groups is 1. The number of fused-ring (bicyclic) bond motifs is 1. The maximum absolute atomic E-state index is 12.4. The molecule has 22 heavy (non-hydrogen) atoms. The van der Waals surface area contributed by atoms with E-state index >= 15 is 0 Å². The van der Waals surface area contributed by atoms with Crippen LogP contribution in [0.25, 0.3) is 10.9 Å². The summed E-state index contributed by atoms with van der Waals surface area (Å²) in [5.74, 6) is 0.302. The van der Waals surface area contributed by atoms with Crippen LogP contribution in [0.2, 0.25) is 0 Å². The summed E-state index contributed by atoms with van der Waals surface area (Å²) < 4.78 is 12.4. The van der Waals surface area contributed by atoms with Gasteiger partial charge in [0.2, 0.25) is 0 Å². The van der Waals surface area contributed by atoms with Crippen molar-refractivity contribution < 1.29 is 14.3 Å². The maximum Gasteiger partial charge on any atom is 0.357 e. The Morgan fingerprint density at radius 2 is 2.14 bits per heavy atom. The lowest BCUT2D eigenvalue weighted by Crippen LogP contribution is -2.14. The number of methoxy groups -OCH3 is 1. The molecule has 6 heteroatoms. The zero-order valence-corrected chi connectivity index (χ0v) is 14.8. The predicted molar refractivity (Wildman–Crippen MR) is 90.0 cm³/mol. The van der Waals surface area contributed by atoms with Gasteiger partial charge in [0, 0.05) is 11.9 Å². The lowest BCUT2D eigenvalue weighted by atomic mass is 10.1. The second-order valence-corrected chi connectivity index (χ2v) is 5.84. The minimum Gasteiger partial charge on any atom is -0.496 e. The molecule has 0 radical (unpaired) electrons. The van der Waals surface area contributed by atoms with Gasteiger partial charge < -0.3 is 9.47 Å². The predicted octanol–water partition coefficient (Wildman–Crippen LogP) is 3.71. The molecule has 0 aliphatic rings. The third-order valence-electron chi connectivity index (χ3n) is 3.39. The summed E-state index contributed by atoms with van der Waals surface area (Å²) in [4.78, 5) is 12.4. The molecule has 0 bridgehead atoms. The van der Waals surface area contributed by atoms with E-state index in [0.29, 0.717) is 24.6 Å². The summed E-state index contributed by atoms with van der Waals surface area (Å²) in [6.45, 7) is 4.79. The van der Waals surface area contributed by atoms with Crippen molar-refractivity contribution in [2.75, 3.05) is 19.0 Å². The molecule has 5 nitrogen and oxygen atoms in total. The Morgan fingerprint density at radius 3 is 2.77 bits per heavy atom. The first-order valence-corrected chi connectivity index (χ1v) is 8.52. The summed E-state index contributed by atoms with van der Waals surface area (Å²) in [5.41, 5.74) is 2.28. The van der Waals surface area contributed by atoms with Crippen LogP contribution in [-0.2, 0) is 11.3 Å². The van der Waals surface area contributed by atoms with Gasteiger partial charge in [0.1, 0.15) is 5.75 Å². The molecule has 1 aromatic heterocycles. The monoisotopic (exact) mass is 368 g/mol. The van der Waals surface area contributed by atoms with Crippen molar-refractivity contribution in [1.29, 1.82) is 0 Å². The van der Waals surface area contributed by atoms with E-state index in [1.807, 2.05) is 19.1 Å². The Bertz CT molecular complexity index is 667. The number of benzene rings is 1. The third-order valence-corrected chi connectivity index (χ3v) is 3.95. The van der Waals surface area contributed by atoms with Crippen molar-refractivity contribution in [3.63, 3.8) is 0 Å². The van der Waals surface area contributed by atoms with Gasteiger partial charge in [-0.25, -0.2) is 4.79 Å². The Balaban J connectivity index is 2.56. The van der Waals surface area contributed by atoms with Gasteiger partial charge in [-0.3, -0.25) is 4.68 Å². The highest BCUT2D eigenvalue weighted by Crippen LogP contribution is 2.31. The molecule has 0 saturated carbocycles. The Morgan fingerprint density at radius 1 is 1.36 bits per heavy atom. The molecular formula is C16H21BrN2O3. The zero-order chi connectivity index (χ0) is 16.1. The van der Waals surface area contributed by atoms with Crippen molar-refractivity contribution in [3.8, 4) is 5.75 Å². The molecule has 0 aliphatic heterocycles. The number of aryl methyl sites for hydroxylation is 2. The topological polar surface area (TPSA) is 53.4 Å². The number of hydrogen-bond donors (Lipinski definition) is 0. The number of alkyl halides is 1. The number of esters is 1. The standard InChI is InChI=1S/C16H21BrN2O3/c1-4-22-16(20)15-14-12(9-11(2)10-13(14)21-3)18-19(15)8-6-5-7-17/h9-10H,4-8H2,1-3H3. The van der Waals surface area contributed by atoms with Crippen LogP contribution in [0.1, 0.15) is 35.8 Å². The van der Waals surface area contributed by atoms with Crippen LogP contribution in [-0.4, -0.2) is 34.8 Å². The van der Waals surface area contributed by atoms with E-state index in [-0.39, 0.29) is 5.97 Å². The summed E-state index contributed by atoms with van der Waals surface area (Å²) in [5, 5.41) is 6.24. The average molecular weight is 369 g/mol. The first-order valence-electron chi connectivity index (χ1n) is 7.40. The highest BCUT2D eigenvalue weighted by atomic mass is 79.9. The van der Waals surface area contributed by atoms with E-state index < -0.39 is 0 Å². The molecule has 2 aromatic rings. The molecule has 0 unspecified atom stereocenters. The molecular weight excluding hydrogens is 348 g/mol. The number of halogens is 1. The molecule has 0 N–H and O–H groups in total. The van der Waals surface area contributed by atoms with Crippen molar-refractivity contribution in [1.82, 2.24) is 9.78 Å². The zero-order valence-electron chi connectivity index (χ0n) is 13.2. The normalized spacial score (nSPS) is 10.9. The lowest BCUT2D eigenvalue weighted by molar-refractivity contribution is 0.0513. The van der Waals surface area contributed by atoms with E-state index in [9.17, 15) is 4.79 Å². The number of hydrogen-bond acceptors (Lipinski definition) is 4. The molecule has 1 heterocycles. The van der Waals surface area contributed by atoms with Crippen LogP contribution in [0.15, 0.2) is 12.1 Å². The quantitative estimate of drug-likeness (QED) is 0.424. The minimum absolute atomic E-state index is 0.334. The molecule has 0 aliphatic carbocycles. The largest absolute Gasteiger partial charge is 0.496 e. The van der Waals surface area contributed by atoms with E-state index in [1.54, 1.807) is 18.7 Å². The van der Waals surface area contributed by atoms with E-state index in [0.717, 1.165) is 34.6 Å². The fourth-order valence-electron chi connectivity index (χ4n) is 2.45. The van der Waals surface area contributed by atoms with Gasteiger partial charge in [-0.1, -0.05) is 15.9 Å². The Hall–Kier alpha value is -1.56. The van der Waals surface area contributed by atoms with E-state index in [4.69, 9.17) is 9.47 Å². The number of carbonyl (C=O) groups excluding carboxylic acids is 1. The summed E-state index contributed by atoms with van der Waals surface area (Å²) >= 11 is 3.42. The third kappa shape index (κ3) is 3.43. The summed E-state index contributed by atoms with van der Waals surface area (Å²) in [6, 6.07) is 3.87. The second kappa shape index (κ2) is 7.63. The molecule has 0 atom stereocenters. The number of nitrogens with zero attached hydrogens (tertiary/aromatic N) is 2. The molecule has 0 spiro atoms. The number of unbranched alkanes of at least 4 members (excludes halogenated alkanes) is 1. The van der Waals surface area contributed by atoms with Gasteiger partial charge in [0.15, 0.2) is 5.69 Å². The molecule has 0 amide bonds. The van der Waals surface area contributed by atoms with Crippen LogP contribution in [0.4, 0.5) is 0 Å². The van der Waals surface area contributed by atoms with Gasteiger partial charge in [0.05, 0.1) is 24.6 Å². The van der Waals surface area contributed by atoms with Gasteiger partial charge in [0.25, 0.3) is 0 Å². The van der Waals surface area contributed by atoms with Crippen molar-refractivity contribution in [2.45, 2.75) is 33.2 Å². The molecule has 0 fully saturated rings. The second-order valence-electron chi connectivity index (χ2n) is 5.05. The van der Waals surface area contributed by atoms with Crippen LogP contribution < -0.4 is 4.74 Å². The number of rotatable bonds is 7. The van der Waals surface area contributed by atoms with E-state index in [2.05, 4.69) is 21.0 Å². The summed E-state index contributed by atoms with van der Waals surface area (Å²) in [6.07, 6.45) is 1.96. The molecule has 2 rings (SSSR count). The van der Waals surface area contributed by atoms with Gasteiger partial charge >= 0.3 is 5.97 Å². The lowest BCUT2D eigenvalue weighted by Gasteiger charge is -2.08. The first kappa shape index (κ1) is 16.8. The van der Waals surface area contributed by atoms with Crippen molar-refractivity contribution in [3.05, 3.63) is 23.4 Å². The average Bonchev–Trinajstić information content (AvgIpc) is 2.85. The fourth-order valence-corrected chi connectivity index (χ4v) is 2.84. The van der Waals surface area contributed by atoms with Gasteiger partial charge in [-0.2, -0.15) is 5.10 Å². The highest BCUT2D eigenvalue weighted by molar-refractivity contribution is 9.09. The molecule has 0 saturated heterocycles. The summed E-state index contributed by atoms with van der Waals surface area (Å²) in [7, 11) is 1.60. The maximum atomic E-state index is 12.4. The minimum atomic E-state index is -0.356. The SMILES string of the molecule is CCOC(=O)c1c2c(OC)cc(C)cc2nn1CCCCBr. The molecule has 120 valence electrons. The first-order chi connectivity index (χ1) is 10.6. The van der Waals surface area contributed by atoms with Gasteiger partial charge in [-0.15, -0.1) is 0 Å². The Labute approximate surface area is 138 Å².